The van der Waals surface area contributed by atoms with E-state index in [0.29, 0.717) is 26.3 Å². The first-order valence-electron chi connectivity index (χ1n) is 7.28. The summed E-state index contributed by atoms with van der Waals surface area (Å²) in [6.07, 6.45) is 5.37. The van der Waals surface area contributed by atoms with Crippen LogP contribution in [0, 0.1) is 6.92 Å². The van der Waals surface area contributed by atoms with Crippen LogP contribution in [0.25, 0.3) is 5.82 Å². The predicted octanol–water partition coefficient (Wildman–Crippen LogP) is 1.02. The Kier molecular flexibility index (Phi) is 8.14. The van der Waals surface area contributed by atoms with Gasteiger partial charge in [-0.15, -0.1) is 24.8 Å². The molecule has 1 atom stereocenters. The highest BCUT2D eigenvalue weighted by Crippen LogP contribution is 2.08. The van der Waals surface area contributed by atoms with Crippen molar-refractivity contribution in [1.82, 2.24) is 25.2 Å². The predicted molar refractivity (Wildman–Crippen MR) is 95.0 cm³/mol. The van der Waals surface area contributed by atoms with Gasteiger partial charge in [0.05, 0.1) is 13.2 Å². The second-order valence-corrected chi connectivity index (χ2v) is 5.17. The van der Waals surface area contributed by atoms with Crippen LogP contribution in [-0.2, 0) is 16.1 Å². The summed E-state index contributed by atoms with van der Waals surface area (Å²) in [5.74, 6) is 1.65. The van der Waals surface area contributed by atoms with Gasteiger partial charge in [0.25, 0.3) is 0 Å². The molecule has 7 nitrogen and oxygen atoms in total. The van der Waals surface area contributed by atoms with E-state index in [9.17, 15) is 4.79 Å². The van der Waals surface area contributed by atoms with Gasteiger partial charge in [0, 0.05) is 31.7 Å². The lowest BCUT2D eigenvalue weighted by Gasteiger charge is -2.22. The lowest BCUT2D eigenvalue weighted by Crippen LogP contribution is -2.51. The fourth-order valence-corrected chi connectivity index (χ4v) is 2.33. The van der Waals surface area contributed by atoms with Gasteiger partial charge in [0.1, 0.15) is 17.7 Å². The van der Waals surface area contributed by atoms with Crippen LogP contribution in [-0.4, -0.2) is 46.2 Å². The van der Waals surface area contributed by atoms with E-state index in [2.05, 4.69) is 20.6 Å². The Morgan fingerprint density at radius 3 is 2.83 bits per heavy atom. The van der Waals surface area contributed by atoms with Crippen LogP contribution in [0.1, 0.15) is 11.4 Å². The Labute approximate surface area is 153 Å². The molecule has 3 rings (SSSR count). The number of hydrogen-bond donors (Lipinski definition) is 2. The molecule has 24 heavy (non-hydrogen) atoms. The van der Waals surface area contributed by atoms with Crippen molar-refractivity contribution in [2.24, 2.45) is 0 Å². The Morgan fingerprint density at radius 2 is 2.25 bits per heavy atom. The van der Waals surface area contributed by atoms with Gasteiger partial charge in [-0.25, -0.2) is 9.97 Å². The molecule has 1 aliphatic rings. The first-order valence-corrected chi connectivity index (χ1v) is 7.28. The smallest absolute Gasteiger partial charge is 0.239 e. The molecule has 1 saturated heterocycles. The molecule has 2 N–H and O–H groups in total. The molecule has 1 amide bonds. The second kappa shape index (κ2) is 9.58. The number of halogens is 2. The van der Waals surface area contributed by atoms with Gasteiger partial charge in [-0.05, 0) is 18.6 Å². The summed E-state index contributed by atoms with van der Waals surface area (Å²) in [6.45, 7) is 4.16. The van der Waals surface area contributed by atoms with Crippen LogP contribution in [0.3, 0.4) is 0 Å². The van der Waals surface area contributed by atoms with Crippen LogP contribution >= 0.6 is 24.8 Å². The van der Waals surface area contributed by atoms with E-state index in [1.165, 1.54) is 0 Å². The summed E-state index contributed by atoms with van der Waals surface area (Å²) in [5.41, 5.74) is 0.951. The standard InChI is InChI=1S/C15H19N5O2.2ClH/c1-11-16-4-6-20(11)14-3-2-12(8-18-14)9-19-15(21)13-10-22-7-5-17-13;;/h2-4,6,8,13,17H,5,7,9-10H2,1H3,(H,19,21);2*1H. The maximum atomic E-state index is 12.0. The Hall–Kier alpha value is -1.67. The number of imidazole rings is 1. The Bertz CT molecular complexity index is 642. The summed E-state index contributed by atoms with van der Waals surface area (Å²) in [5, 5.41) is 6.02. The number of ether oxygens (including phenoxy) is 1. The molecular weight excluding hydrogens is 353 g/mol. The first kappa shape index (κ1) is 20.4. The van der Waals surface area contributed by atoms with E-state index in [1.807, 2.05) is 29.8 Å². The van der Waals surface area contributed by atoms with Gasteiger partial charge in [-0.3, -0.25) is 9.36 Å². The monoisotopic (exact) mass is 373 g/mol. The van der Waals surface area contributed by atoms with Crippen molar-refractivity contribution in [3.05, 3.63) is 42.1 Å². The lowest BCUT2D eigenvalue weighted by molar-refractivity contribution is -0.126. The summed E-state index contributed by atoms with van der Waals surface area (Å²) in [7, 11) is 0. The first-order chi connectivity index (χ1) is 10.7. The van der Waals surface area contributed by atoms with Crippen LogP contribution in [0.5, 0.6) is 0 Å². The normalized spacial score (nSPS) is 16.6. The molecule has 0 spiro atoms. The highest BCUT2D eigenvalue weighted by Gasteiger charge is 2.20. The third kappa shape index (κ3) is 4.91. The van der Waals surface area contributed by atoms with E-state index >= 15 is 0 Å². The molecule has 1 unspecified atom stereocenters. The second-order valence-electron chi connectivity index (χ2n) is 5.17. The molecule has 2 aromatic rings. The minimum absolute atomic E-state index is 0. The maximum absolute atomic E-state index is 12.0. The zero-order valence-electron chi connectivity index (χ0n) is 13.3. The molecule has 3 heterocycles. The van der Waals surface area contributed by atoms with Crippen LogP contribution in [0.2, 0.25) is 0 Å². The quantitative estimate of drug-likeness (QED) is 0.836. The van der Waals surface area contributed by atoms with E-state index in [1.54, 1.807) is 12.4 Å². The van der Waals surface area contributed by atoms with E-state index < -0.39 is 0 Å². The molecule has 132 valence electrons. The molecule has 0 aliphatic carbocycles. The highest BCUT2D eigenvalue weighted by atomic mass is 35.5. The van der Waals surface area contributed by atoms with Gasteiger partial charge < -0.3 is 15.4 Å². The van der Waals surface area contributed by atoms with E-state index in [0.717, 1.165) is 17.2 Å². The number of amides is 1. The number of morpholine rings is 1. The van der Waals surface area contributed by atoms with Gasteiger partial charge in [0.2, 0.25) is 5.91 Å². The number of nitrogens with one attached hydrogen (secondary N) is 2. The van der Waals surface area contributed by atoms with Crippen molar-refractivity contribution in [3.63, 3.8) is 0 Å². The number of aryl methyl sites for hydroxylation is 1. The molecule has 0 radical (unpaired) electrons. The molecule has 0 bridgehead atoms. The molecule has 2 aromatic heterocycles. The topological polar surface area (TPSA) is 81.1 Å². The van der Waals surface area contributed by atoms with Crippen molar-refractivity contribution in [2.45, 2.75) is 19.5 Å². The van der Waals surface area contributed by atoms with Gasteiger partial charge in [-0.1, -0.05) is 6.07 Å². The van der Waals surface area contributed by atoms with Gasteiger partial charge in [0.15, 0.2) is 0 Å². The molecule has 0 aromatic carbocycles. The molecule has 9 heteroatoms. The Balaban J connectivity index is 0.00000144. The lowest BCUT2D eigenvalue weighted by atomic mass is 10.2. The molecule has 0 saturated carbocycles. The van der Waals surface area contributed by atoms with Crippen molar-refractivity contribution < 1.29 is 9.53 Å². The zero-order chi connectivity index (χ0) is 15.4. The largest absolute Gasteiger partial charge is 0.378 e. The van der Waals surface area contributed by atoms with E-state index in [-0.39, 0.29) is 36.8 Å². The van der Waals surface area contributed by atoms with Crippen molar-refractivity contribution in [3.8, 4) is 5.82 Å². The maximum Gasteiger partial charge on any atom is 0.239 e. The van der Waals surface area contributed by atoms with Crippen molar-refractivity contribution >= 4 is 30.7 Å². The van der Waals surface area contributed by atoms with E-state index in [4.69, 9.17) is 4.74 Å². The minimum atomic E-state index is -0.269. The van der Waals surface area contributed by atoms with Crippen LogP contribution in [0.15, 0.2) is 30.7 Å². The summed E-state index contributed by atoms with van der Waals surface area (Å²) >= 11 is 0. The Morgan fingerprint density at radius 1 is 1.42 bits per heavy atom. The number of hydrogen-bond acceptors (Lipinski definition) is 5. The number of carbonyl (C=O) groups excluding carboxylic acids is 1. The van der Waals surface area contributed by atoms with Crippen molar-refractivity contribution in [1.29, 1.82) is 0 Å². The third-order valence-corrected chi connectivity index (χ3v) is 3.59. The summed E-state index contributed by atoms with van der Waals surface area (Å²) < 4.78 is 7.19. The number of aromatic nitrogens is 3. The average molecular weight is 374 g/mol. The fraction of sp³-hybridized carbons (Fsp3) is 0.400. The summed E-state index contributed by atoms with van der Waals surface area (Å²) in [6, 6.07) is 3.60. The summed E-state index contributed by atoms with van der Waals surface area (Å²) in [4.78, 5) is 20.6. The van der Waals surface area contributed by atoms with Gasteiger partial charge >= 0.3 is 0 Å². The number of carbonyl (C=O) groups is 1. The fourth-order valence-electron chi connectivity index (χ4n) is 2.33. The highest BCUT2D eigenvalue weighted by molar-refractivity contribution is 5.85. The average Bonchev–Trinajstić information content (AvgIpc) is 3.00. The van der Waals surface area contributed by atoms with Crippen LogP contribution < -0.4 is 10.6 Å². The van der Waals surface area contributed by atoms with Crippen LogP contribution in [0.4, 0.5) is 0 Å². The number of nitrogens with zero attached hydrogens (tertiary/aromatic N) is 3. The molecule has 1 aliphatic heterocycles. The van der Waals surface area contributed by atoms with Crippen molar-refractivity contribution in [2.75, 3.05) is 19.8 Å². The number of rotatable bonds is 4. The van der Waals surface area contributed by atoms with Gasteiger partial charge in [-0.2, -0.15) is 0 Å². The molecule has 1 fully saturated rings. The molecular formula is C15H21Cl2N5O2. The number of pyridine rings is 1. The minimum Gasteiger partial charge on any atom is -0.378 e. The zero-order valence-corrected chi connectivity index (χ0v) is 14.9. The third-order valence-electron chi connectivity index (χ3n) is 3.59. The SMILES string of the molecule is Cc1nccn1-c1ccc(CNC(=O)C2COCCN2)cn1.Cl.Cl.